The van der Waals surface area contributed by atoms with Gasteiger partial charge in [0.15, 0.2) is 0 Å². The van der Waals surface area contributed by atoms with Crippen LogP contribution in [-0.2, 0) is 6.54 Å². The summed E-state index contributed by atoms with van der Waals surface area (Å²) >= 11 is 1.74. The van der Waals surface area contributed by atoms with Crippen LogP contribution in [-0.4, -0.2) is 11.4 Å². The first-order valence-corrected chi connectivity index (χ1v) is 5.87. The molecule has 0 aliphatic heterocycles. The van der Waals surface area contributed by atoms with E-state index in [-0.39, 0.29) is 0 Å². The number of hydrogen-bond donors (Lipinski definition) is 1. The fourth-order valence-corrected chi connectivity index (χ4v) is 1.71. The highest BCUT2D eigenvalue weighted by atomic mass is 32.2. The van der Waals surface area contributed by atoms with E-state index in [2.05, 4.69) is 28.9 Å². The first-order chi connectivity index (χ1) is 7.38. The fraction of sp³-hybridized carbons (Fsp3) is 0.182. The molecule has 1 heterocycles. The van der Waals surface area contributed by atoms with E-state index >= 15 is 0 Å². The third kappa shape index (κ3) is 2.76. The number of anilines is 1. The van der Waals surface area contributed by atoms with E-state index in [1.54, 1.807) is 24.2 Å². The van der Waals surface area contributed by atoms with Gasteiger partial charge in [-0.1, -0.05) is 11.2 Å². The number of aromatic nitrogens is 1. The third-order valence-electron chi connectivity index (χ3n) is 2.05. The first-order valence-electron chi connectivity index (χ1n) is 4.64. The monoisotopic (exact) mass is 220 g/mol. The summed E-state index contributed by atoms with van der Waals surface area (Å²) in [6.45, 7) is 0.737. The summed E-state index contributed by atoms with van der Waals surface area (Å²) in [5, 5.41) is 6.96. The molecule has 1 aromatic heterocycles. The van der Waals surface area contributed by atoms with Crippen molar-refractivity contribution in [3.63, 3.8) is 0 Å². The van der Waals surface area contributed by atoms with Crippen LogP contribution in [0.25, 0.3) is 0 Å². The number of thioether (sulfide) groups is 1. The standard InChI is InChI=1S/C11H12N2OS/c1-15-11-4-2-3-10(5-11)12-6-9-7-13-14-8-9/h2-5,7-8,12H,6H2,1H3. The van der Waals surface area contributed by atoms with Gasteiger partial charge in [0.1, 0.15) is 6.26 Å². The van der Waals surface area contributed by atoms with Crippen molar-refractivity contribution >= 4 is 17.4 Å². The highest BCUT2D eigenvalue weighted by Gasteiger charge is 1.97. The summed E-state index contributed by atoms with van der Waals surface area (Å²) in [5.41, 5.74) is 2.16. The quantitative estimate of drug-likeness (QED) is 0.804. The molecule has 0 bridgehead atoms. The van der Waals surface area contributed by atoms with Gasteiger partial charge in [0.05, 0.1) is 6.20 Å². The van der Waals surface area contributed by atoms with Gasteiger partial charge in [-0.25, -0.2) is 0 Å². The van der Waals surface area contributed by atoms with Crippen molar-refractivity contribution in [1.82, 2.24) is 5.16 Å². The molecule has 0 radical (unpaired) electrons. The van der Waals surface area contributed by atoms with Crippen molar-refractivity contribution in [2.24, 2.45) is 0 Å². The molecule has 0 unspecified atom stereocenters. The van der Waals surface area contributed by atoms with Crippen molar-refractivity contribution in [1.29, 1.82) is 0 Å². The van der Waals surface area contributed by atoms with Gasteiger partial charge in [-0.15, -0.1) is 11.8 Å². The van der Waals surface area contributed by atoms with E-state index in [1.807, 2.05) is 12.1 Å². The molecule has 2 aromatic rings. The van der Waals surface area contributed by atoms with Crippen molar-refractivity contribution in [3.8, 4) is 0 Å². The number of nitrogens with one attached hydrogen (secondary N) is 1. The van der Waals surface area contributed by atoms with Gasteiger partial charge >= 0.3 is 0 Å². The van der Waals surface area contributed by atoms with Gasteiger partial charge < -0.3 is 9.84 Å². The Morgan fingerprint density at radius 2 is 2.40 bits per heavy atom. The Labute approximate surface area is 92.9 Å². The van der Waals surface area contributed by atoms with Crippen molar-refractivity contribution < 1.29 is 4.52 Å². The predicted octanol–water partition coefficient (Wildman–Crippen LogP) is 3.01. The molecule has 0 spiro atoms. The van der Waals surface area contributed by atoms with Gasteiger partial charge in [-0.3, -0.25) is 0 Å². The maximum Gasteiger partial charge on any atom is 0.128 e. The number of nitrogens with zero attached hydrogens (tertiary/aromatic N) is 1. The molecule has 0 saturated carbocycles. The Bertz CT molecular complexity index is 414. The average molecular weight is 220 g/mol. The van der Waals surface area contributed by atoms with E-state index in [0.29, 0.717) is 0 Å². The highest BCUT2D eigenvalue weighted by molar-refractivity contribution is 7.98. The van der Waals surface area contributed by atoms with E-state index in [1.165, 1.54) is 4.90 Å². The SMILES string of the molecule is CSc1cccc(NCc2cnoc2)c1. The molecule has 1 N–H and O–H groups in total. The summed E-state index contributed by atoms with van der Waals surface area (Å²) < 4.78 is 4.75. The smallest absolute Gasteiger partial charge is 0.128 e. The maximum atomic E-state index is 4.75. The van der Waals surface area contributed by atoms with Gasteiger partial charge in [0, 0.05) is 22.7 Å². The second kappa shape index (κ2) is 4.89. The minimum absolute atomic E-state index is 0.737. The molecule has 0 amide bonds. The zero-order valence-electron chi connectivity index (χ0n) is 8.43. The number of benzene rings is 1. The summed E-state index contributed by atoms with van der Waals surface area (Å²) in [5.74, 6) is 0. The van der Waals surface area contributed by atoms with Crippen molar-refractivity contribution in [2.75, 3.05) is 11.6 Å². The lowest BCUT2D eigenvalue weighted by Crippen LogP contribution is -1.97. The molecule has 0 atom stereocenters. The van der Waals surface area contributed by atoms with Gasteiger partial charge in [-0.2, -0.15) is 0 Å². The molecule has 15 heavy (non-hydrogen) atoms. The Morgan fingerprint density at radius 1 is 1.47 bits per heavy atom. The minimum Gasteiger partial charge on any atom is -0.381 e. The van der Waals surface area contributed by atoms with E-state index < -0.39 is 0 Å². The molecule has 2 rings (SSSR count). The summed E-state index contributed by atoms with van der Waals surface area (Å²) in [6, 6.07) is 8.31. The van der Waals surface area contributed by atoms with Crippen LogP contribution in [0.2, 0.25) is 0 Å². The Morgan fingerprint density at radius 3 is 3.13 bits per heavy atom. The Hall–Kier alpha value is -1.42. The highest BCUT2D eigenvalue weighted by Crippen LogP contribution is 2.19. The van der Waals surface area contributed by atoms with E-state index in [9.17, 15) is 0 Å². The zero-order valence-corrected chi connectivity index (χ0v) is 9.25. The number of rotatable bonds is 4. The lowest BCUT2D eigenvalue weighted by molar-refractivity contribution is 0.419. The second-order valence-corrected chi connectivity index (χ2v) is 4.00. The van der Waals surface area contributed by atoms with Crippen molar-refractivity contribution in [3.05, 3.63) is 42.3 Å². The lowest BCUT2D eigenvalue weighted by atomic mass is 10.3. The van der Waals surface area contributed by atoms with E-state index in [4.69, 9.17) is 4.52 Å². The van der Waals surface area contributed by atoms with Gasteiger partial charge in [0.25, 0.3) is 0 Å². The molecule has 0 fully saturated rings. The minimum atomic E-state index is 0.737. The summed E-state index contributed by atoms with van der Waals surface area (Å²) in [7, 11) is 0. The zero-order chi connectivity index (χ0) is 10.5. The molecular weight excluding hydrogens is 208 g/mol. The lowest BCUT2D eigenvalue weighted by Gasteiger charge is -2.05. The van der Waals surface area contributed by atoms with Crippen LogP contribution in [0.15, 0.2) is 46.1 Å². The van der Waals surface area contributed by atoms with Crippen LogP contribution >= 0.6 is 11.8 Å². The normalized spacial score (nSPS) is 10.2. The Balaban J connectivity index is 1.98. The largest absolute Gasteiger partial charge is 0.381 e. The fourth-order valence-electron chi connectivity index (χ4n) is 1.25. The van der Waals surface area contributed by atoms with Crippen LogP contribution < -0.4 is 5.32 Å². The number of hydrogen-bond acceptors (Lipinski definition) is 4. The molecule has 4 heteroatoms. The third-order valence-corrected chi connectivity index (χ3v) is 2.78. The Kier molecular flexibility index (Phi) is 3.29. The van der Waals surface area contributed by atoms with Gasteiger partial charge in [-0.05, 0) is 24.5 Å². The first kappa shape index (κ1) is 10.1. The van der Waals surface area contributed by atoms with Crippen LogP contribution in [0.5, 0.6) is 0 Å². The molecule has 0 saturated heterocycles. The molecule has 0 aliphatic rings. The van der Waals surface area contributed by atoms with E-state index in [0.717, 1.165) is 17.8 Å². The van der Waals surface area contributed by atoms with Crippen molar-refractivity contribution in [2.45, 2.75) is 11.4 Å². The van der Waals surface area contributed by atoms with Crippen LogP contribution in [0, 0.1) is 0 Å². The van der Waals surface area contributed by atoms with Crippen LogP contribution in [0.1, 0.15) is 5.56 Å². The second-order valence-electron chi connectivity index (χ2n) is 3.12. The summed E-state index contributed by atoms with van der Waals surface area (Å²) in [4.78, 5) is 1.25. The molecule has 78 valence electrons. The van der Waals surface area contributed by atoms with Gasteiger partial charge in [0.2, 0.25) is 0 Å². The predicted molar refractivity (Wildman–Crippen MR) is 62.1 cm³/mol. The average Bonchev–Trinajstić information content (AvgIpc) is 2.79. The van der Waals surface area contributed by atoms with Crippen LogP contribution in [0.3, 0.4) is 0 Å². The topological polar surface area (TPSA) is 38.1 Å². The van der Waals surface area contributed by atoms with Crippen LogP contribution in [0.4, 0.5) is 5.69 Å². The molecule has 3 nitrogen and oxygen atoms in total. The molecule has 0 aliphatic carbocycles. The maximum absolute atomic E-state index is 4.75. The summed E-state index contributed by atoms with van der Waals surface area (Å²) in [6.07, 6.45) is 5.43. The molecule has 1 aromatic carbocycles. The molecular formula is C11H12N2OS.